The molecule has 1 N–H and O–H groups in total. The quantitative estimate of drug-likeness (QED) is 0.297. The molecule has 0 radical (unpaired) electrons. The Labute approximate surface area is 222 Å². The normalized spacial score (nSPS) is 14.7. The Bertz CT molecular complexity index is 1410. The smallest absolute Gasteiger partial charge is 0.305 e. The number of methoxy groups -OCH3 is 2. The molecular formula is C31H32N2O5. The zero-order chi connectivity index (χ0) is 26.5. The highest BCUT2D eigenvalue weighted by atomic mass is 16.5. The van der Waals surface area contributed by atoms with E-state index in [0.29, 0.717) is 19.6 Å². The molecule has 1 aromatic heterocycles. The number of hydrogen-bond acceptors (Lipinski definition) is 5. The molecular weight excluding hydrogens is 480 g/mol. The van der Waals surface area contributed by atoms with Crippen LogP contribution in [0.25, 0.3) is 10.9 Å². The van der Waals surface area contributed by atoms with Crippen molar-refractivity contribution in [3.8, 4) is 11.5 Å². The number of rotatable bonds is 9. The van der Waals surface area contributed by atoms with E-state index in [-0.39, 0.29) is 30.8 Å². The lowest BCUT2D eigenvalue weighted by molar-refractivity contribution is -0.141. The minimum Gasteiger partial charge on any atom is -0.497 e. The van der Waals surface area contributed by atoms with Crippen LogP contribution in [-0.2, 0) is 27.4 Å². The lowest BCUT2D eigenvalue weighted by Gasteiger charge is -2.36. The molecule has 1 atom stereocenters. The summed E-state index contributed by atoms with van der Waals surface area (Å²) in [6.07, 6.45) is 1.71. The highest BCUT2D eigenvalue weighted by Gasteiger charge is 2.34. The van der Waals surface area contributed by atoms with Crippen LogP contribution >= 0.6 is 0 Å². The third-order valence-corrected chi connectivity index (χ3v) is 7.10. The SMILES string of the molecule is COC(=O)CCCC(=O)N1CCc2c([nH]c3ccc(OC)cc23)[C@@H]1c1ccc(OCc2ccccc2)cc1. The van der Waals surface area contributed by atoms with Gasteiger partial charge >= 0.3 is 5.97 Å². The highest BCUT2D eigenvalue weighted by molar-refractivity contribution is 5.88. The van der Waals surface area contributed by atoms with Crippen molar-refractivity contribution in [2.45, 2.75) is 38.3 Å². The predicted molar refractivity (Wildman–Crippen MR) is 145 cm³/mol. The number of hydrogen-bond donors (Lipinski definition) is 1. The summed E-state index contributed by atoms with van der Waals surface area (Å²) in [5.41, 5.74) is 5.33. The summed E-state index contributed by atoms with van der Waals surface area (Å²) in [5.74, 6) is 1.29. The third-order valence-electron chi connectivity index (χ3n) is 7.10. The van der Waals surface area contributed by atoms with Gasteiger partial charge in [0.25, 0.3) is 0 Å². The lowest BCUT2D eigenvalue weighted by Crippen LogP contribution is -2.40. The molecule has 38 heavy (non-hydrogen) atoms. The summed E-state index contributed by atoms with van der Waals surface area (Å²) < 4.78 is 16.2. The molecule has 0 saturated carbocycles. The summed E-state index contributed by atoms with van der Waals surface area (Å²) in [5, 5.41) is 1.12. The van der Waals surface area contributed by atoms with Gasteiger partial charge in [0.2, 0.25) is 5.91 Å². The minimum absolute atomic E-state index is 0.0187. The lowest BCUT2D eigenvalue weighted by atomic mass is 9.91. The van der Waals surface area contributed by atoms with Crippen molar-refractivity contribution in [1.82, 2.24) is 9.88 Å². The molecule has 1 amide bonds. The van der Waals surface area contributed by atoms with E-state index in [1.165, 1.54) is 12.7 Å². The second-order valence-electron chi connectivity index (χ2n) is 9.44. The highest BCUT2D eigenvalue weighted by Crippen LogP contribution is 2.40. The molecule has 7 heteroatoms. The maximum absolute atomic E-state index is 13.4. The Morgan fingerprint density at radius 1 is 0.947 bits per heavy atom. The standard InChI is InChI=1S/C31H32N2O5/c1-36-24-15-16-27-26(19-24)25-17-18-33(28(34)9-6-10-29(35)37-2)31(30(25)32-27)22-11-13-23(14-12-22)38-20-21-7-4-3-5-8-21/h3-5,7-8,11-16,19,31-32H,6,9-10,17-18,20H2,1-2H3/t31-/m0/s1. The second kappa shape index (κ2) is 11.4. The summed E-state index contributed by atoms with van der Waals surface area (Å²) in [7, 11) is 3.03. The average molecular weight is 513 g/mol. The van der Waals surface area contributed by atoms with E-state index in [1.807, 2.05) is 71.6 Å². The molecule has 0 spiro atoms. The molecule has 0 unspecified atom stereocenters. The maximum atomic E-state index is 13.4. The number of esters is 1. The number of benzene rings is 3. The van der Waals surface area contributed by atoms with Gasteiger partial charge in [-0.1, -0.05) is 42.5 Å². The first-order valence-electron chi connectivity index (χ1n) is 12.9. The van der Waals surface area contributed by atoms with Crippen LogP contribution in [-0.4, -0.2) is 42.5 Å². The number of nitrogens with one attached hydrogen (secondary N) is 1. The largest absolute Gasteiger partial charge is 0.497 e. The Morgan fingerprint density at radius 2 is 1.71 bits per heavy atom. The molecule has 0 fully saturated rings. The van der Waals surface area contributed by atoms with Crippen LogP contribution in [0.5, 0.6) is 11.5 Å². The van der Waals surface area contributed by atoms with E-state index in [9.17, 15) is 9.59 Å². The number of amides is 1. The number of fused-ring (bicyclic) bond motifs is 3. The summed E-state index contributed by atoms with van der Waals surface area (Å²) in [4.78, 5) is 30.5. The molecule has 1 aliphatic rings. The van der Waals surface area contributed by atoms with Gasteiger partial charge < -0.3 is 24.1 Å². The number of aromatic nitrogens is 1. The first-order chi connectivity index (χ1) is 18.6. The maximum Gasteiger partial charge on any atom is 0.305 e. The molecule has 4 aromatic rings. The van der Waals surface area contributed by atoms with E-state index in [1.54, 1.807) is 7.11 Å². The first-order valence-corrected chi connectivity index (χ1v) is 12.9. The van der Waals surface area contributed by atoms with Crippen LogP contribution in [0, 0.1) is 0 Å². The van der Waals surface area contributed by atoms with Gasteiger partial charge in [0.1, 0.15) is 18.1 Å². The molecule has 1 aliphatic heterocycles. The van der Waals surface area contributed by atoms with Gasteiger partial charge in [-0.15, -0.1) is 0 Å². The fourth-order valence-electron chi connectivity index (χ4n) is 5.13. The molecule has 196 valence electrons. The van der Waals surface area contributed by atoms with E-state index in [4.69, 9.17) is 14.2 Å². The van der Waals surface area contributed by atoms with Crippen molar-refractivity contribution in [2.75, 3.05) is 20.8 Å². The van der Waals surface area contributed by atoms with Crippen LogP contribution in [0.3, 0.4) is 0 Å². The number of carbonyl (C=O) groups is 2. The van der Waals surface area contributed by atoms with Crippen molar-refractivity contribution >= 4 is 22.8 Å². The summed E-state index contributed by atoms with van der Waals surface area (Å²) >= 11 is 0. The Kier molecular flexibility index (Phi) is 7.63. The van der Waals surface area contributed by atoms with Crippen molar-refractivity contribution in [2.24, 2.45) is 0 Å². The van der Waals surface area contributed by atoms with Crippen molar-refractivity contribution < 1.29 is 23.8 Å². The topological polar surface area (TPSA) is 80.9 Å². The molecule has 7 nitrogen and oxygen atoms in total. The number of carbonyl (C=O) groups excluding carboxylic acids is 2. The number of H-pyrrole nitrogens is 1. The molecule has 3 aromatic carbocycles. The van der Waals surface area contributed by atoms with Gasteiger partial charge in [-0.05, 0) is 59.9 Å². The Balaban J connectivity index is 1.43. The molecule has 2 heterocycles. The van der Waals surface area contributed by atoms with Gasteiger partial charge in [0, 0.05) is 36.0 Å². The van der Waals surface area contributed by atoms with Gasteiger partial charge in [0.05, 0.1) is 20.3 Å². The van der Waals surface area contributed by atoms with E-state index in [0.717, 1.165) is 45.6 Å². The zero-order valence-corrected chi connectivity index (χ0v) is 21.7. The van der Waals surface area contributed by atoms with E-state index in [2.05, 4.69) is 11.1 Å². The average Bonchev–Trinajstić information content (AvgIpc) is 3.34. The fourth-order valence-corrected chi connectivity index (χ4v) is 5.13. The van der Waals surface area contributed by atoms with Gasteiger partial charge in [0.15, 0.2) is 0 Å². The van der Waals surface area contributed by atoms with Gasteiger partial charge in [-0.2, -0.15) is 0 Å². The molecule has 0 saturated heterocycles. The fraction of sp³-hybridized carbons (Fsp3) is 0.290. The first kappa shape index (κ1) is 25.4. The number of ether oxygens (including phenoxy) is 3. The van der Waals surface area contributed by atoms with Crippen molar-refractivity contribution in [3.05, 3.63) is 95.2 Å². The molecule has 5 rings (SSSR count). The minimum atomic E-state index is -0.300. The second-order valence-corrected chi connectivity index (χ2v) is 9.44. The zero-order valence-electron chi connectivity index (χ0n) is 21.7. The van der Waals surface area contributed by atoms with E-state index >= 15 is 0 Å². The number of nitrogens with zero attached hydrogens (tertiary/aromatic N) is 1. The van der Waals surface area contributed by atoms with Gasteiger partial charge in [-0.3, -0.25) is 9.59 Å². The van der Waals surface area contributed by atoms with Crippen LogP contribution in [0.2, 0.25) is 0 Å². The van der Waals surface area contributed by atoms with Crippen LogP contribution in [0.1, 0.15) is 47.7 Å². The predicted octanol–water partition coefficient (Wildman–Crippen LogP) is 5.57. The number of aromatic amines is 1. The summed E-state index contributed by atoms with van der Waals surface area (Å²) in [6.45, 7) is 1.08. The van der Waals surface area contributed by atoms with E-state index < -0.39 is 0 Å². The third kappa shape index (κ3) is 5.37. The van der Waals surface area contributed by atoms with Crippen LogP contribution in [0.15, 0.2) is 72.8 Å². The Morgan fingerprint density at radius 3 is 2.45 bits per heavy atom. The van der Waals surface area contributed by atoms with Crippen molar-refractivity contribution in [3.63, 3.8) is 0 Å². The monoisotopic (exact) mass is 512 g/mol. The van der Waals surface area contributed by atoms with Crippen molar-refractivity contribution in [1.29, 1.82) is 0 Å². The molecule has 0 aliphatic carbocycles. The molecule has 0 bridgehead atoms. The Hall–Kier alpha value is -4.26. The summed E-state index contributed by atoms with van der Waals surface area (Å²) in [6, 6.07) is 23.8. The van der Waals surface area contributed by atoms with Gasteiger partial charge in [-0.25, -0.2) is 0 Å². The van der Waals surface area contributed by atoms with Crippen LogP contribution < -0.4 is 9.47 Å². The van der Waals surface area contributed by atoms with Crippen LogP contribution in [0.4, 0.5) is 0 Å².